The van der Waals surface area contributed by atoms with E-state index in [9.17, 15) is 4.79 Å². The summed E-state index contributed by atoms with van der Waals surface area (Å²) >= 11 is 0. The Bertz CT molecular complexity index is 322. The van der Waals surface area contributed by atoms with Crippen LogP contribution in [0.3, 0.4) is 0 Å². The molecule has 2 heterocycles. The standard InChI is InChI=1S/C16H31N3O2.2ClH/c1-19(7-3-9-21-2)8-6-17-16(20)12-13-10-14-4-5-15(11-13)18-14;;/h13-15,18H,3-12H2,1-2H3,(H,17,20);2*1H. The summed E-state index contributed by atoms with van der Waals surface area (Å²) in [6, 6.07) is 1.35. The highest BCUT2D eigenvalue weighted by molar-refractivity contribution is 5.85. The molecule has 2 aliphatic rings. The van der Waals surface area contributed by atoms with Crippen molar-refractivity contribution in [3.05, 3.63) is 0 Å². The van der Waals surface area contributed by atoms with Crippen molar-refractivity contribution < 1.29 is 9.53 Å². The molecule has 2 atom stereocenters. The number of ether oxygens (including phenoxy) is 1. The third kappa shape index (κ3) is 8.54. The molecule has 23 heavy (non-hydrogen) atoms. The molecule has 0 spiro atoms. The minimum atomic E-state index is 0. The molecule has 2 unspecified atom stereocenters. The van der Waals surface area contributed by atoms with Gasteiger partial charge in [-0.2, -0.15) is 0 Å². The van der Waals surface area contributed by atoms with E-state index in [1.165, 1.54) is 25.7 Å². The number of likely N-dealkylation sites (N-methyl/N-ethyl adjacent to an activating group) is 1. The lowest BCUT2D eigenvalue weighted by molar-refractivity contribution is -0.122. The zero-order chi connectivity index (χ0) is 15.1. The normalized spacial score (nSPS) is 25.6. The molecule has 2 bridgehead atoms. The van der Waals surface area contributed by atoms with Crippen LogP contribution < -0.4 is 10.6 Å². The zero-order valence-corrected chi connectivity index (χ0v) is 16.0. The van der Waals surface area contributed by atoms with Crippen molar-refractivity contribution in [2.24, 2.45) is 5.92 Å². The minimum Gasteiger partial charge on any atom is -0.385 e. The van der Waals surface area contributed by atoms with Gasteiger partial charge in [-0.15, -0.1) is 24.8 Å². The van der Waals surface area contributed by atoms with E-state index in [4.69, 9.17) is 4.74 Å². The van der Waals surface area contributed by atoms with E-state index in [1.54, 1.807) is 7.11 Å². The summed E-state index contributed by atoms with van der Waals surface area (Å²) in [7, 11) is 3.82. The molecule has 0 aromatic carbocycles. The highest BCUT2D eigenvalue weighted by Crippen LogP contribution is 2.32. The van der Waals surface area contributed by atoms with Gasteiger partial charge in [0, 0.05) is 51.9 Å². The molecular formula is C16H33Cl2N3O2. The molecule has 2 aliphatic heterocycles. The summed E-state index contributed by atoms with van der Waals surface area (Å²) < 4.78 is 5.04. The van der Waals surface area contributed by atoms with Crippen LogP contribution in [0.5, 0.6) is 0 Å². The van der Waals surface area contributed by atoms with E-state index < -0.39 is 0 Å². The first-order valence-electron chi connectivity index (χ1n) is 8.37. The molecule has 2 fully saturated rings. The van der Waals surface area contributed by atoms with Crippen LogP contribution in [0, 0.1) is 5.92 Å². The fraction of sp³-hybridized carbons (Fsp3) is 0.938. The Morgan fingerprint density at radius 2 is 1.87 bits per heavy atom. The van der Waals surface area contributed by atoms with Gasteiger partial charge in [0.25, 0.3) is 0 Å². The van der Waals surface area contributed by atoms with Gasteiger partial charge in [0.2, 0.25) is 5.91 Å². The average Bonchev–Trinajstić information content (AvgIpc) is 2.78. The second kappa shape index (κ2) is 12.3. The number of hydrogen-bond donors (Lipinski definition) is 2. The number of nitrogens with one attached hydrogen (secondary N) is 2. The first-order chi connectivity index (χ1) is 10.2. The summed E-state index contributed by atoms with van der Waals surface area (Å²) in [6.07, 6.45) is 6.71. The highest BCUT2D eigenvalue weighted by atomic mass is 35.5. The smallest absolute Gasteiger partial charge is 0.220 e. The number of piperidine rings is 1. The Morgan fingerprint density at radius 1 is 1.22 bits per heavy atom. The van der Waals surface area contributed by atoms with Crippen LogP contribution in [-0.2, 0) is 9.53 Å². The van der Waals surface area contributed by atoms with Gasteiger partial charge in [-0.25, -0.2) is 0 Å². The fourth-order valence-corrected chi connectivity index (χ4v) is 3.65. The third-order valence-corrected chi connectivity index (χ3v) is 4.75. The molecule has 0 radical (unpaired) electrons. The van der Waals surface area contributed by atoms with Crippen molar-refractivity contribution in [3.63, 3.8) is 0 Å². The number of rotatable bonds is 9. The quantitative estimate of drug-likeness (QED) is 0.608. The van der Waals surface area contributed by atoms with E-state index >= 15 is 0 Å². The first-order valence-corrected chi connectivity index (χ1v) is 8.37. The number of hydrogen-bond acceptors (Lipinski definition) is 4. The number of carbonyl (C=O) groups is 1. The Kier molecular flexibility index (Phi) is 12.3. The maximum atomic E-state index is 12.0. The Morgan fingerprint density at radius 3 is 2.48 bits per heavy atom. The maximum absolute atomic E-state index is 12.0. The Labute approximate surface area is 153 Å². The predicted octanol–water partition coefficient (Wildman–Crippen LogP) is 1.84. The molecule has 2 saturated heterocycles. The summed E-state index contributed by atoms with van der Waals surface area (Å²) in [4.78, 5) is 14.3. The number of carbonyl (C=O) groups excluding carboxylic acids is 1. The topological polar surface area (TPSA) is 53.6 Å². The number of methoxy groups -OCH3 is 1. The van der Waals surface area contributed by atoms with Crippen molar-refractivity contribution in [2.75, 3.05) is 40.4 Å². The lowest BCUT2D eigenvalue weighted by atomic mass is 9.89. The number of nitrogens with zero attached hydrogens (tertiary/aromatic N) is 1. The van der Waals surface area contributed by atoms with Crippen LogP contribution in [0.4, 0.5) is 0 Å². The summed E-state index contributed by atoms with van der Waals surface area (Å²) in [5.74, 6) is 0.815. The van der Waals surface area contributed by atoms with Gasteiger partial charge in [-0.05, 0) is 45.1 Å². The van der Waals surface area contributed by atoms with Gasteiger partial charge in [0.1, 0.15) is 0 Å². The van der Waals surface area contributed by atoms with E-state index in [-0.39, 0.29) is 30.7 Å². The molecule has 1 amide bonds. The Balaban J connectivity index is 0.00000242. The van der Waals surface area contributed by atoms with Gasteiger partial charge in [0.15, 0.2) is 0 Å². The van der Waals surface area contributed by atoms with Gasteiger partial charge < -0.3 is 20.3 Å². The van der Waals surface area contributed by atoms with E-state index in [2.05, 4.69) is 22.6 Å². The molecule has 0 aromatic heterocycles. The predicted molar refractivity (Wildman–Crippen MR) is 98.8 cm³/mol. The van der Waals surface area contributed by atoms with Gasteiger partial charge in [0.05, 0.1) is 0 Å². The van der Waals surface area contributed by atoms with Gasteiger partial charge in [-0.1, -0.05) is 0 Å². The third-order valence-electron chi connectivity index (χ3n) is 4.75. The molecular weight excluding hydrogens is 337 g/mol. The van der Waals surface area contributed by atoms with Crippen LogP contribution in [-0.4, -0.2) is 63.3 Å². The minimum absolute atomic E-state index is 0. The monoisotopic (exact) mass is 369 g/mol. The largest absolute Gasteiger partial charge is 0.385 e. The fourth-order valence-electron chi connectivity index (χ4n) is 3.65. The van der Waals surface area contributed by atoms with Crippen LogP contribution in [0.2, 0.25) is 0 Å². The van der Waals surface area contributed by atoms with Crippen molar-refractivity contribution in [2.45, 2.75) is 50.6 Å². The van der Waals surface area contributed by atoms with Crippen molar-refractivity contribution in [3.8, 4) is 0 Å². The second-order valence-corrected chi connectivity index (χ2v) is 6.68. The van der Waals surface area contributed by atoms with E-state index in [0.717, 1.165) is 32.7 Å². The zero-order valence-electron chi connectivity index (χ0n) is 14.4. The van der Waals surface area contributed by atoms with Crippen LogP contribution in [0.25, 0.3) is 0 Å². The number of amides is 1. The first kappa shape index (κ1) is 22.9. The molecule has 2 N–H and O–H groups in total. The van der Waals surface area contributed by atoms with Gasteiger partial charge >= 0.3 is 0 Å². The lowest BCUT2D eigenvalue weighted by Gasteiger charge is -2.28. The Hall–Kier alpha value is -0.0700. The van der Waals surface area contributed by atoms with E-state index in [0.29, 0.717) is 24.4 Å². The average molecular weight is 370 g/mol. The molecule has 138 valence electrons. The van der Waals surface area contributed by atoms with Crippen molar-refractivity contribution in [1.29, 1.82) is 0 Å². The van der Waals surface area contributed by atoms with Crippen LogP contribution in [0.1, 0.15) is 38.5 Å². The highest BCUT2D eigenvalue weighted by Gasteiger charge is 2.33. The molecule has 7 heteroatoms. The molecule has 0 aromatic rings. The van der Waals surface area contributed by atoms with Crippen molar-refractivity contribution in [1.82, 2.24) is 15.5 Å². The second-order valence-electron chi connectivity index (χ2n) is 6.68. The van der Waals surface area contributed by atoms with Crippen LogP contribution >= 0.6 is 24.8 Å². The van der Waals surface area contributed by atoms with E-state index in [1.807, 2.05) is 0 Å². The SMILES string of the molecule is COCCCN(C)CCNC(=O)CC1CC2CCC(C1)N2.Cl.Cl. The molecule has 2 rings (SSSR count). The maximum Gasteiger partial charge on any atom is 0.220 e. The molecule has 5 nitrogen and oxygen atoms in total. The van der Waals surface area contributed by atoms with Crippen molar-refractivity contribution >= 4 is 30.7 Å². The van der Waals surface area contributed by atoms with Crippen LogP contribution in [0.15, 0.2) is 0 Å². The summed E-state index contributed by atoms with van der Waals surface area (Å²) in [6.45, 7) is 3.48. The number of fused-ring (bicyclic) bond motifs is 2. The molecule has 0 saturated carbocycles. The summed E-state index contributed by atoms with van der Waals surface area (Å²) in [5.41, 5.74) is 0. The lowest BCUT2D eigenvalue weighted by Crippen LogP contribution is -2.40. The summed E-state index contributed by atoms with van der Waals surface area (Å²) in [5, 5.41) is 6.70. The number of halogens is 2. The molecule has 0 aliphatic carbocycles. The van der Waals surface area contributed by atoms with Gasteiger partial charge in [-0.3, -0.25) is 4.79 Å².